The summed E-state index contributed by atoms with van der Waals surface area (Å²) in [5.74, 6) is -0.385. The Balaban J connectivity index is 2.79. The van der Waals surface area contributed by atoms with Crippen molar-refractivity contribution in [3.63, 3.8) is 0 Å². The zero-order valence-corrected chi connectivity index (χ0v) is 10.2. The quantitative estimate of drug-likeness (QED) is 0.432. The molecule has 1 saturated heterocycles. The van der Waals surface area contributed by atoms with Crippen molar-refractivity contribution in [1.82, 2.24) is 5.32 Å². The highest BCUT2D eigenvalue weighted by Crippen LogP contribution is 2.22. The Hall–Kier alpha value is -0.990. The molecule has 1 aliphatic heterocycles. The molecule has 2 unspecified atom stereocenters. The summed E-state index contributed by atoms with van der Waals surface area (Å²) in [6, 6.07) is -0.903. The average molecular weight is 261 g/mol. The van der Waals surface area contributed by atoms with Crippen molar-refractivity contribution in [2.45, 2.75) is 37.6 Å². The lowest BCUT2D eigenvalue weighted by atomic mass is 9.97. The molecule has 7 nitrogen and oxygen atoms in total. The van der Waals surface area contributed by atoms with Gasteiger partial charge in [0.25, 0.3) is 0 Å². The molecule has 0 aromatic rings. The zero-order chi connectivity index (χ0) is 13.7. The van der Waals surface area contributed by atoms with Crippen LogP contribution < -0.4 is 5.32 Å². The van der Waals surface area contributed by atoms with Crippen molar-refractivity contribution < 1.29 is 29.6 Å². The van der Waals surface area contributed by atoms with Crippen molar-refractivity contribution in [3.05, 3.63) is 12.7 Å². The van der Waals surface area contributed by atoms with Crippen LogP contribution in [-0.4, -0.2) is 65.1 Å². The number of aliphatic hydroxyl groups excluding tert-OH is 3. The number of ether oxygens (including phenoxy) is 2. The average Bonchev–Trinajstić information content (AvgIpc) is 2.33. The Morgan fingerprint density at radius 2 is 2.17 bits per heavy atom. The molecule has 4 N–H and O–H groups in total. The van der Waals surface area contributed by atoms with Gasteiger partial charge >= 0.3 is 0 Å². The number of hydrogen-bond donors (Lipinski definition) is 4. The molecule has 7 heteroatoms. The standard InChI is InChI=1S/C11H19NO6/c1-3-4-17-11-8(12-6(2)14)10(16)9(15)7(5-13)18-11/h3,7-11,13,15-16H,1,4-5H2,2H3,(H,12,14)/t7?,8?,9-,10+,11+/m0/s1. The monoisotopic (exact) mass is 261 g/mol. The van der Waals surface area contributed by atoms with E-state index in [9.17, 15) is 15.0 Å². The van der Waals surface area contributed by atoms with E-state index in [0.717, 1.165) is 0 Å². The third kappa shape index (κ3) is 3.50. The fourth-order valence-electron chi connectivity index (χ4n) is 1.78. The minimum atomic E-state index is -1.30. The van der Waals surface area contributed by atoms with Gasteiger partial charge in [0, 0.05) is 6.92 Å². The highest BCUT2D eigenvalue weighted by molar-refractivity contribution is 5.73. The summed E-state index contributed by atoms with van der Waals surface area (Å²) < 4.78 is 10.5. The molecule has 18 heavy (non-hydrogen) atoms. The number of amides is 1. The van der Waals surface area contributed by atoms with E-state index >= 15 is 0 Å². The van der Waals surface area contributed by atoms with E-state index in [1.165, 1.54) is 13.0 Å². The normalized spacial score (nSPS) is 36.1. The van der Waals surface area contributed by atoms with Crippen LogP contribution in [0.15, 0.2) is 12.7 Å². The second-order valence-corrected chi connectivity index (χ2v) is 4.05. The lowest BCUT2D eigenvalue weighted by molar-refractivity contribution is -0.267. The van der Waals surface area contributed by atoms with Gasteiger partial charge in [-0.1, -0.05) is 6.08 Å². The molecule has 1 fully saturated rings. The van der Waals surface area contributed by atoms with Gasteiger partial charge in [0.15, 0.2) is 6.29 Å². The van der Waals surface area contributed by atoms with Crippen LogP contribution in [0.3, 0.4) is 0 Å². The van der Waals surface area contributed by atoms with Gasteiger partial charge in [0.2, 0.25) is 5.91 Å². The smallest absolute Gasteiger partial charge is 0.217 e. The van der Waals surface area contributed by atoms with Gasteiger partial charge < -0.3 is 30.1 Å². The summed E-state index contributed by atoms with van der Waals surface area (Å²) in [6.45, 7) is 4.45. The second kappa shape index (κ2) is 6.81. The van der Waals surface area contributed by atoms with Crippen molar-refractivity contribution >= 4 is 5.91 Å². The summed E-state index contributed by atoms with van der Waals surface area (Å²) in [4.78, 5) is 11.1. The Labute approximate surface area is 105 Å². The Morgan fingerprint density at radius 3 is 2.67 bits per heavy atom. The number of hydrogen-bond acceptors (Lipinski definition) is 6. The molecule has 1 rings (SSSR count). The first-order valence-electron chi connectivity index (χ1n) is 5.63. The molecule has 0 aliphatic carbocycles. The molecular weight excluding hydrogens is 242 g/mol. The fraction of sp³-hybridized carbons (Fsp3) is 0.727. The summed E-state index contributed by atoms with van der Waals surface area (Å²) in [6.07, 6.45) is -3.01. The van der Waals surface area contributed by atoms with Gasteiger partial charge in [0.1, 0.15) is 24.4 Å². The molecule has 0 bridgehead atoms. The van der Waals surface area contributed by atoms with Crippen LogP contribution in [-0.2, 0) is 14.3 Å². The van der Waals surface area contributed by atoms with Gasteiger partial charge in [-0.2, -0.15) is 0 Å². The van der Waals surface area contributed by atoms with Crippen molar-refractivity contribution in [1.29, 1.82) is 0 Å². The van der Waals surface area contributed by atoms with E-state index in [-0.39, 0.29) is 12.5 Å². The van der Waals surface area contributed by atoms with Crippen molar-refractivity contribution in [3.8, 4) is 0 Å². The number of aliphatic hydroxyl groups is 3. The van der Waals surface area contributed by atoms with E-state index < -0.39 is 37.3 Å². The second-order valence-electron chi connectivity index (χ2n) is 4.05. The Bertz CT molecular complexity index is 297. The van der Waals surface area contributed by atoms with E-state index in [2.05, 4.69) is 11.9 Å². The maximum absolute atomic E-state index is 11.1. The number of carbonyl (C=O) groups is 1. The maximum atomic E-state index is 11.1. The number of rotatable bonds is 5. The summed E-state index contributed by atoms with van der Waals surface area (Å²) in [5, 5.41) is 31.1. The van der Waals surface area contributed by atoms with Crippen LogP contribution in [0.4, 0.5) is 0 Å². The van der Waals surface area contributed by atoms with Crippen LogP contribution in [0.2, 0.25) is 0 Å². The van der Waals surface area contributed by atoms with Gasteiger partial charge in [-0.25, -0.2) is 0 Å². The van der Waals surface area contributed by atoms with Gasteiger partial charge in [-0.3, -0.25) is 4.79 Å². The molecule has 0 aromatic carbocycles. The third-order valence-corrected chi connectivity index (χ3v) is 2.63. The third-order valence-electron chi connectivity index (χ3n) is 2.63. The van der Waals surface area contributed by atoms with Crippen LogP contribution in [0.25, 0.3) is 0 Å². The van der Waals surface area contributed by atoms with Gasteiger partial charge in [-0.05, 0) is 0 Å². The molecule has 0 aromatic heterocycles. The van der Waals surface area contributed by atoms with Crippen LogP contribution in [0, 0.1) is 0 Å². The Morgan fingerprint density at radius 1 is 1.50 bits per heavy atom. The number of carbonyl (C=O) groups excluding carboxylic acids is 1. The maximum Gasteiger partial charge on any atom is 0.217 e. The predicted octanol–water partition coefficient (Wildman–Crippen LogP) is -1.87. The summed E-state index contributed by atoms with van der Waals surface area (Å²) in [7, 11) is 0. The summed E-state index contributed by atoms with van der Waals surface area (Å²) >= 11 is 0. The summed E-state index contributed by atoms with van der Waals surface area (Å²) in [5.41, 5.74) is 0. The lowest BCUT2D eigenvalue weighted by Gasteiger charge is -2.42. The minimum absolute atomic E-state index is 0.154. The van der Waals surface area contributed by atoms with Crippen LogP contribution >= 0.6 is 0 Å². The molecule has 1 aliphatic rings. The zero-order valence-electron chi connectivity index (χ0n) is 10.2. The van der Waals surface area contributed by atoms with E-state index in [0.29, 0.717) is 0 Å². The molecule has 0 spiro atoms. The van der Waals surface area contributed by atoms with Crippen molar-refractivity contribution in [2.75, 3.05) is 13.2 Å². The highest BCUT2D eigenvalue weighted by Gasteiger charge is 2.45. The van der Waals surface area contributed by atoms with Crippen molar-refractivity contribution in [2.24, 2.45) is 0 Å². The van der Waals surface area contributed by atoms with Crippen LogP contribution in [0.5, 0.6) is 0 Å². The molecule has 0 radical (unpaired) electrons. The molecule has 104 valence electrons. The minimum Gasteiger partial charge on any atom is -0.394 e. The molecule has 5 atom stereocenters. The first-order valence-corrected chi connectivity index (χ1v) is 5.63. The first-order chi connectivity index (χ1) is 8.51. The predicted molar refractivity (Wildman–Crippen MR) is 61.5 cm³/mol. The van der Waals surface area contributed by atoms with Crippen LogP contribution in [0.1, 0.15) is 6.92 Å². The topological polar surface area (TPSA) is 108 Å². The fourth-order valence-corrected chi connectivity index (χ4v) is 1.78. The largest absolute Gasteiger partial charge is 0.394 e. The molecule has 1 amide bonds. The molecular formula is C11H19NO6. The van der Waals surface area contributed by atoms with Gasteiger partial charge in [0.05, 0.1) is 13.2 Å². The molecule has 0 saturated carbocycles. The van der Waals surface area contributed by atoms with E-state index in [1.54, 1.807) is 0 Å². The lowest BCUT2D eigenvalue weighted by Crippen LogP contribution is -2.64. The Kier molecular flexibility index (Phi) is 5.70. The SMILES string of the molecule is C=CCO[C@@H]1OC(CO)[C@H](O)[C@H](O)C1NC(C)=O. The van der Waals surface area contributed by atoms with E-state index in [1.807, 2.05) is 0 Å². The highest BCUT2D eigenvalue weighted by atomic mass is 16.7. The number of nitrogens with one attached hydrogen (secondary N) is 1. The molecule has 1 heterocycles. The first kappa shape index (κ1) is 15.1. The van der Waals surface area contributed by atoms with E-state index in [4.69, 9.17) is 14.6 Å². The van der Waals surface area contributed by atoms with Gasteiger partial charge in [-0.15, -0.1) is 6.58 Å².